The van der Waals surface area contributed by atoms with E-state index in [1.165, 1.54) is 11.3 Å². The second-order valence-electron chi connectivity index (χ2n) is 6.87. The van der Waals surface area contributed by atoms with Crippen molar-refractivity contribution in [1.82, 2.24) is 14.9 Å². The molecule has 0 fully saturated rings. The highest BCUT2D eigenvalue weighted by Gasteiger charge is 2.23. The van der Waals surface area contributed by atoms with Gasteiger partial charge in [0.15, 0.2) is 0 Å². The minimum Gasteiger partial charge on any atom is -0.293 e. The van der Waals surface area contributed by atoms with E-state index < -0.39 is 0 Å². The summed E-state index contributed by atoms with van der Waals surface area (Å²) >= 11 is 1.25. The minimum atomic E-state index is -0.332. The van der Waals surface area contributed by atoms with E-state index in [0.717, 1.165) is 48.0 Å². The summed E-state index contributed by atoms with van der Waals surface area (Å²) in [5, 5.41) is 11.0. The van der Waals surface area contributed by atoms with Crippen LogP contribution in [0.15, 0.2) is 18.3 Å². The van der Waals surface area contributed by atoms with Gasteiger partial charge in [-0.15, -0.1) is 0 Å². The Kier molecular flexibility index (Phi) is 4.16. The molecule has 2 aromatic heterocycles. The molecular formula is C16H20N4O2S. The fourth-order valence-corrected chi connectivity index (χ4v) is 3.50. The van der Waals surface area contributed by atoms with Crippen LogP contribution in [-0.4, -0.2) is 26.3 Å². The Hall–Kier alpha value is -1.86. The molecular weight excluding hydrogens is 312 g/mol. The summed E-state index contributed by atoms with van der Waals surface area (Å²) in [7, 11) is 0. The maximum absolute atomic E-state index is 10.8. The minimum absolute atomic E-state index is 0.0396. The van der Waals surface area contributed by atoms with Crippen molar-refractivity contribution in [3.05, 3.63) is 50.4 Å². The first-order chi connectivity index (χ1) is 10.8. The first-order valence-corrected chi connectivity index (χ1v) is 8.45. The molecule has 0 saturated heterocycles. The lowest BCUT2D eigenvalue weighted by Gasteiger charge is -2.28. The zero-order valence-corrected chi connectivity index (χ0v) is 14.4. The highest BCUT2D eigenvalue weighted by Crippen LogP contribution is 2.27. The highest BCUT2D eigenvalue weighted by atomic mass is 32.1. The molecule has 23 heavy (non-hydrogen) atoms. The summed E-state index contributed by atoms with van der Waals surface area (Å²) in [5.41, 5.74) is 2.26. The van der Waals surface area contributed by atoms with Crippen molar-refractivity contribution in [1.29, 1.82) is 0 Å². The van der Waals surface area contributed by atoms with Gasteiger partial charge in [0.1, 0.15) is 5.82 Å². The van der Waals surface area contributed by atoms with Gasteiger partial charge in [0.25, 0.3) is 0 Å². The Morgan fingerprint density at radius 3 is 2.83 bits per heavy atom. The Morgan fingerprint density at radius 2 is 2.17 bits per heavy atom. The van der Waals surface area contributed by atoms with Crippen LogP contribution < -0.4 is 0 Å². The van der Waals surface area contributed by atoms with Crippen molar-refractivity contribution in [3.63, 3.8) is 0 Å². The average Bonchev–Trinajstić information content (AvgIpc) is 2.94. The second kappa shape index (κ2) is 5.98. The molecule has 2 aromatic rings. The van der Waals surface area contributed by atoms with E-state index in [0.29, 0.717) is 0 Å². The molecule has 0 saturated carbocycles. The molecule has 0 N–H and O–H groups in total. The molecule has 0 amide bonds. The number of fused-ring (bicyclic) bond motifs is 1. The summed E-state index contributed by atoms with van der Waals surface area (Å²) in [6.45, 7) is 8.80. The zero-order chi connectivity index (χ0) is 16.6. The van der Waals surface area contributed by atoms with E-state index in [1.807, 2.05) is 12.3 Å². The molecule has 0 bridgehead atoms. The first-order valence-electron chi connectivity index (χ1n) is 7.63. The van der Waals surface area contributed by atoms with Gasteiger partial charge in [0.2, 0.25) is 0 Å². The van der Waals surface area contributed by atoms with Gasteiger partial charge in [-0.05, 0) is 6.07 Å². The standard InChI is InChI=1S/C16H20N4O2S/c1-16(2,3)15-17-8-11-9-19(7-6-13(11)18-15)10-12-4-5-14(23-12)20(21)22/h4-5,8H,6-7,9-10H2,1-3H3. The summed E-state index contributed by atoms with van der Waals surface area (Å²) in [5.74, 6) is 0.888. The third kappa shape index (κ3) is 3.56. The Bertz CT molecular complexity index is 736. The van der Waals surface area contributed by atoms with Crippen LogP contribution in [0.3, 0.4) is 0 Å². The highest BCUT2D eigenvalue weighted by molar-refractivity contribution is 7.15. The Morgan fingerprint density at radius 1 is 1.39 bits per heavy atom. The van der Waals surface area contributed by atoms with Crippen LogP contribution >= 0.6 is 11.3 Å². The number of thiophene rings is 1. The maximum Gasteiger partial charge on any atom is 0.324 e. The number of nitrogens with zero attached hydrogens (tertiary/aromatic N) is 4. The zero-order valence-electron chi connectivity index (χ0n) is 13.6. The number of aromatic nitrogens is 2. The van der Waals surface area contributed by atoms with Crippen LogP contribution in [0.1, 0.15) is 42.7 Å². The van der Waals surface area contributed by atoms with E-state index in [4.69, 9.17) is 4.98 Å². The molecule has 0 unspecified atom stereocenters. The van der Waals surface area contributed by atoms with E-state index in [1.54, 1.807) is 6.07 Å². The number of nitro groups is 1. The summed E-state index contributed by atoms with van der Waals surface area (Å²) in [4.78, 5) is 23.0. The lowest BCUT2D eigenvalue weighted by Crippen LogP contribution is -2.31. The third-order valence-corrected chi connectivity index (χ3v) is 4.91. The molecule has 122 valence electrons. The number of rotatable bonds is 3. The normalized spacial score (nSPS) is 15.4. The summed E-state index contributed by atoms with van der Waals surface area (Å²) in [6, 6.07) is 3.42. The molecule has 3 rings (SSSR count). The van der Waals surface area contributed by atoms with Crippen LogP contribution in [-0.2, 0) is 24.9 Å². The van der Waals surface area contributed by atoms with E-state index in [2.05, 4.69) is 30.7 Å². The van der Waals surface area contributed by atoms with E-state index in [9.17, 15) is 10.1 Å². The molecule has 0 aliphatic carbocycles. The van der Waals surface area contributed by atoms with Gasteiger partial charge in [-0.25, -0.2) is 9.97 Å². The molecule has 0 radical (unpaired) electrons. The molecule has 6 nitrogen and oxygen atoms in total. The smallest absolute Gasteiger partial charge is 0.293 e. The quantitative estimate of drug-likeness (QED) is 0.637. The van der Waals surface area contributed by atoms with Crippen molar-refractivity contribution in [2.75, 3.05) is 6.54 Å². The summed E-state index contributed by atoms with van der Waals surface area (Å²) in [6.07, 6.45) is 2.83. The molecule has 0 aromatic carbocycles. The molecule has 7 heteroatoms. The van der Waals surface area contributed by atoms with Crippen LogP contribution in [0, 0.1) is 10.1 Å². The fourth-order valence-electron chi connectivity index (χ4n) is 2.64. The topological polar surface area (TPSA) is 72.2 Å². The predicted octanol–water partition coefficient (Wildman–Crippen LogP) is 3.30. The largest absolute Gasteiger partial charge is 0.324 e. The molecule has 3 heterocycles. The van der Waals surface area contributed by atoms with Crippen LogP contribution in [0.5, 0.6) is 0 Å². The molecule has 1 aliphatic rings. The third-order valence-electron chi connectivity index (χ3n) is 3.89. The van der Waals surface area contributed by atoms with Crippen LogP contribution in [0.2, 0.25) is 0 Å². The van der Waals surface area contributed by atoms with Crippen molar-refractivity contribution in [2.45, 2.75) is 45.7 Å². The van der Waals surface area contributed by atoms with Crippen molar-refractivity contribution in [3.8, 4) is 0 Å². The number of hydrogen-bond donors (Lipinski definition) is 0. The predicted molar refractivity (Wildman–Crippen MR) is 89.5 cm³/mol. The van der Waals surface area contributed by atoms with Crippen LogP contribution in [0.25, 0.3) is 0 Å². The van der Waals surface area contributed by atoms with Crippen molar-refractivity contribution in [2.24, 2.45) is 0 Å². The lowest BCUT2D eigenvalue weighted by atomic mass is 9.95. The average molecular weight is 332 g/mol. The summed E-state index contributed by atoms with van der Waals surface area (Å²) < 4.78 is 0. The first kappa shape index (κ1) is 16.0. The van der Waals surface area contributed by atoms with Gasteiger partial charge in [-0.3, -0.25) is 15.0 Å². The molecule has 0 atom stereocenters. The fraction of sp³-hybridized carbons (Fsp3) is 0.500. The Balaban J connectivity index is 1.71. The van der Waals surface area contributed by atoms with Gasteiger partial charge in [-0.2, -0.15) is 0 Å². The monoisotopic (exact) mass is 332 g/mol. The van der Waals surface area contributed by atoms with Gasteiger partial charge < -0.3 is 0 Å². The SMILES string of the molecule is CC(C)(C)c1ncc2c(n1)CCN(Cc1ccc([N+](=O)[O-])s1)C2. The maximum atomic E-state index is 10.8. The van der Waals surface area contributed by atoms with Crippen LogP contribution in [0.4, 0.5) is 5.00 Å². The van der Waals surface area contributed by atoms with Gasteiger partial charge in [-0.1, -0.05) is 32.1 Å². The van der Waals surface area contributed by atoms with Gasteiger partial charge in [0, 0.05) is 59.9 Å². The van der Waals surface area contributed by atoms with Crippen molar-refractivity contribution < 1.29 is 4.92 Å². The van der Waals surface area contributed by atoms with Gasteiger partial charge in [0.05, 0.1) is 4.92 Å². The number of hydrogen-bond acceptors (Lipinski definition) is 6. The van der Waals surface area contributed by atoms with Crippen molar-refractivity contribution >= 4 is 16.3 Å². The molecule has 1 aliphatic heterocycles. The van der Waals surface area contributed by atoms with E-state index in [-0.39, 0.29) is 15.3 Å². The van der Waals surface area contributed by atoms with Gasteiger partial charge >= 0.3 is 5.00 Å². The lowest BCUT2D eigenvalue weighted by molar-refractivity contribution is -0.380. The molecule has 0 spiro atoms. The Labute approximate surface area is 139 Å². The second-order valence-corrected chi connectivity index (χ2v) is 8.02. The van der Waals surface area contributed by atoms with E-state index >= 15 is 0 Å².